The molecular formula is C20H18FN3O3. The second-order valence-electron chi connectivity index (χ2n) is 6.30. The molecule has 0 radical (unpaired) electrons. The highest BCUT2D eigenvalue weighted by atomic mass is 19.1. The molecule has 1 unspecified atom stereocenters. The summed E-state index contributed by atoms with van der Waals surface area (Å²) in [5.41, 5.74) is 1.34. The monoisotopic (exact) mass is 367 g/mol. The third-order valence-electron chi connectivity index (χ3n) is 4.46. The highest BCUT2D eigenvalue weighted by molar-refractivity contribution is 5.96. The van der Waals surface area contributed by atoms with E-state index in [0.717, 1.165) is 11.3 Å². The summed E-state index contributed by atoms with van der Waals surface area (Å²) in [4.78, 5) is 18.3. The van der Waals surface area contributed by atoms with Crippen molar-refractivity contribution in [2.24, 2.45) is 0 Å². The molecular weight excluding hydrogens is 349 g/mol. The predicted molar refractivity (Wildman–Crippen MR) is 97.0 cm³/mol. The second-order valence-corrected chi connectivity index (χ2v) is 6.30. The van der Waals surface area contributed by atoms with E-state index in [1.165, 1.54) is 12.1 Å². The molecule has 1 saturated heterocycles. The zero-order valence-corrected chi connectivity index (χ0v) is 14.8. The lowest BCUT2D eigenvalue weighted by Crippen LogP contribution is -2.24. The summed E-state index contributed by atoms with van der Waals surface area (Å²) in [6.45, 7) is 2.91. The molecule has 4 rings (SSSR count). The van der Waals surface area contributed by atoms with E-state index < -0.39 is 0 Å². The number of halogens is 1. The SMILES string of the molecule is CCOc1ccc(-c2noc(C3CC(=O)N(c4cccc(F)c4)C3)n2)cc1. The number of nitrogens with zero attached hydrogens (tertiary/aromatic N) is 3. The van der Waals surface area contributed by atoms with Crippen LogP contribution in [0.1, 0.15) is 25.2 Å². The molecule has 0 aliphatic carbocycles. The Kier molecular flexibility index (Phi) is 4.58. The molecule has 0 N–H and O–H groups in total. The van der Waals surface area contributed by atoms with Gasteiger partial charge in [0.1, 0.15) is 11.6 Å². The fourth-order valence-corrected chi connectivity index (χ4v) is 3.15. The first-order valence-corrected chi connectivity index (χ1v) is 8.77. The molecule has 1 aliphatic rings. The van der Waals surface area contributed by atoms with Gasteiger partial charge in [-0.25, -0.2) is 4.39 Å². The average Bonchev–Trinajstić information content (AvgIpc) is 3.29. The lowest BCUT2D eigenvalue weighted by Gasteiger charge is -2.15. The number of anilines is 1. The number of ether oxygens (including phenoxy) is 1. The summed E-state index contributed by atoms with van der Waals surface area (Å²) < 4.78 is 24.3. The van der Waals surface area contributed by atoms with E-state index in [1.807, 2.05) is 31.2 Å². The van der Waals surface area contributed by atoms with Crippen molar-refractivity contribution >= 4 is 11.6 Å². The largest absolute Gasteiger partial charge is 0.494 e. The van der Waals surface area contributed by atoms with Gasteiger partial charge in [0, 0.05) is 24.2 Å². The lowest BCUT2D eigenvalue weighted by molar-refractivity contribution is -0.117. The smallest absolute Gasteiger partial charge is 0.232 e. The minimum atomic E-state index is -0.376. The summed E-state index contributed by atoms with van der Waals surface area (Å²) in [6, 6.07) is 13.4. The molecule has 1 atom stereocenters. The number of hydrogen-bond donors (Lipinski definition) is 0. The van der Waals surface area contributed by atoms with Crippen molar-refractivity contribution in [1.82, 2.24) is 10.1 Å². The number of hydrogen-bond acceptors (Lipinski definition) is 5. The van der Waals surface area contributed by atoms with Gasteiger partial charge in [0.2, 0.25) is 17.6 Å². The summed E-state index contributed by atoms with van der Waals surface area (Å²) in [7, 11) is 0. The summed E-state index contributed by atoms with van der Waals surface area (Å²) >= 11 is 0. The normalized spacial score (nSPS) is 16.7. The van der Waals surface area contributed by atoms with Gasteiger partial charge in [-0.3, -0.25) is 4.79 Å². The number of carbonyl (C=O) groups is 1. The Bertz CT molecular complexity index is 955. The third kappa shape index (κ3) is 3.53. The number of amides is 1. The van der Waals surface area contributed by atoms with Crippen LogP contribution in [-0.2, 0) is 4.79 Å². The Balaban J connectivity index is 1.51. The van der Waals surface area contributed by atoms with Crippen molar-refractivity contribution in [1.29, 1.82) is 0 Å². The van der Waals surface area contributed by atoms with Crippen LogP contribution in [0.15, 0.2) is 53.1 Å². The molecule has 1 fully saturated rings. The van der Waals surface area contributed by atoms with Crippen LogP contribution in [-0.4, -0.2) is 29.2 Å². The number of carbonyl (C=O) groups excluding carboxylic acids is 1. The van der Waals surface area contributed by atoms with Crippen molar-refractivity contribution in [2.75, 3.05) is 18.1 Å². The van der Waals surface area contributed by atoms with Gasteiger partial charge in [0.25, 0.3) is 0 Å². The second kappa shape index (κ2) is 7.19. The van der Waals surface area contributed by atoms with E-state index >= 15 is 0 Å². The lowest BCUT2D eigenvalue weighted by atomic mass is 10.1. The van der Waals surface area contributed by atoms with Crippen molar-refractivity contribution < 1.29 is 18.4 Å². The van der Waals surface area contributed by atoms with Gasteiger partial charge in [-0.1, -0.05) is 11.2 Å². The minimum Gasteiger partial charge on any atom is -0.494 e. The topological polar surface area (TPSA) is 68.5 Å². The average molecular weight is 367 g/mol. The van der Waals surface area contributed by atoms with E-state index in [4.69, 9.17) is 9.26 Å². The van der Waals surface area contributed by atoms with Gasteiger partial charge in [0.15, 0.2) is 0 Å². The van der Waals surface area contributed by atoms with E-state index in [0.29, 0.717) is 30.6 Å². The van der Waals surface area contributed by atoms with Crippen molar-refractivity contribution in [3.8, 4) is 17.1 Å². The van der Waals surface area contributed by atoms with E-state index in [1.54, 1.807) is 17.0 Å². The van der Waals surface area contributed by atoms with Crippen LogP contribution >= 0.6 is 0 Å². The van der Waals surface area contributed by atoms with Crippen LogP contribution in [0.5, 0.6) is 5.75 Å². The molecule has 3 aromatic rings. The fourth-order valence-electron chi connectivity index (χ4n) is 3.15. The molecule has 2 aromatic carbocycles. The highest BCUT2D eigenvalue weighted by Gasteiger charge is 2.35. The maximum absolute atomic E-state index is 13.4. The van der Waals surface area contributed by atoms with Gasteiger partial charge in [-0.2, -0.15) is 4.98 Å². The molecule has 27 heavy (non-hydrogen) atoms. The Hall–Kier alpha value is -3.22. The van der Waals surface area contributed by atoms with E-state index in [9.17, 15) is 9.18 Å². The Morgan fingerprint density at radius 3 is 2.81 bits per heavy atom. The molecule has 1 aliphatic heterocycles. The molecule has 0 spiro atoms. The first-order valence-electron chi connectivity index (χ1n) is 8.77. The molecule has 2 heterocycles. The summed E-state index contributed by atoms with van der Waals surface area (Å²) in [5.74, 6) is 0.961. The zero-order chi connectivity index (χ0) is 18.8. The molecule has 6 nitrogen and oxygen atoms in total. The van der Waals surface area contributed by atoms with Gasteiger partial charge in [0.05, 0.1) is 12.5 Å². The van der Waals surface area contributed by atoms with Crippen LogP contribution in [0.3, 0.4) is 0 Å². The molecule has 1 amide bonds. The third-order valence-corrected chi connectivity index (χ3v) is 4.46. The maximum atomic E-state index is 13.4. The van der Waals surface area contributed by atoms with E-state index in [2.05, 4.69) is 10.1 Å². The van der Waals surface area contributed by atoms with Gasteiger partial charge in [-0.05, 0) is 49.4 Å². The molecule has 0 bridgehead atoms. The van der Waals surface area contributed by atoms with Crippen molar-refractivity contribution in [2.45, 2.75) is 19.3 Å². The Labute approximate surface area is 155 Å². The van der Waals surface area contributed by atoms with Crippen LogP contribution in [0.4, 0.5) is 10.1 Å². The molecule has 1 aromatic heterocycles. The number of aromatic nitrogens is 2. The van der Waals surface area contributed by atoms with Crippen LogP contribution in [0, 0.1) is 5.82 Å². The first-order chi connectivity index (χ1) is 13.1. The minimum absolute atomic E-state index is 0.0913. The molecule has 138 valence electrons. The summed E-state index contributed by atoms with van der Waals surface area (Å²) in [6.07, 6.45) is 0.251. The Morgan fingerprint density at radius 2 is 2.07 bits per heavy atom. The molecule has 0 saturated carbocycles. The highest BCUT2D eigenvalue weighted by Crippen LogP contribution is 2.32. The number of rotatable bonds is 5. The Morgan fingerprint density at radius 1 is 1.26 bits per heavy atom. The van der Waals surface area contributed by atoms with Gasteiger partial charge >= 0.3 is 0 Å². The first kappa shape index (κ1) is 17.2. The van der Waals surface area contributed by atoms with Gasteiger partial charge < -0.3 is 14.2 Å². The van der Waals surface area contributed by atoms with Crippen LogP contribution < -0.4 is 9.64 Å². The number of benzene rings is 2. The standard InChI is InChI=1S/C20H18FN3O3/c1-2-26-17-8-6-13(7-9-17)19-22-20(27-23-19)14-10-18(25)24(12-14)16-5-3-4-15(21)11-16/h3-9,11,14H,2,10,12H2,1H3. The van der Waals surface area contributed by atoms with Crippen molar-refractivity contribution in [3.05, 3.63) is 60.2 Å². The fraction of sp³-hybridized carbons (Fsp3) is 0.250. The van der Waals surface area contributed by atoms with E-state index in [-0.39, 0.29) is 24.1 Å². The predicted octanol–water partition coefficient (Wildman–Crippen LogP) is 3.79. The van der Waals surface area contributed by atoms with Crippen LogP contribution in [0.2, 0.25) is 0 Å². The van der Waals surface area contributed by atoms with Gasteiger partial charge in [-0.15, -0.1) is 0 Å². The molecule has 7 heteroatoms. The maximum Gasteiger partial charge on any atom is 0.232 e. The van der Waals surface area contributed by atoms with Crippen molar-refractivity contribution in [3.63, 3.8) is 0 Å². The quantitative estimate of drug-likeness (QED) is 0.686. The zero-order valence-electron chi connectivity index (χ0n) is 14.8. The van der Waals surface area contributed by atoms with Crippen LogP contribution in [0.25, 0.3) is 11.4 Å². The summed E-state index contributed by atoms with van der Waals surface area (Å²) in [5, 5.41) is 4.03.